The van der Waals surface area contributed by atoms with Crippen LogP contribution in [0.15, 0.2) is 0 Å². The molecule has 0 saturated carbocycles. The number of carbonyl (C=O) groups excluding carboxylic acids is 3. The first kappa shape index (κ1) is 65.4. The van der Waals surface area contributed by atoms with Crippen LogP contribution in [-0.2, 0) is 28.6 Å². The van der Waals surface area contributed by atoms with Crippen molar-refractivity contribution in [3.8, 4) is 0 Å². The Balaban J connectivity index is 4.30. The van der Waals surface area contributed by atoms with E-state index in [1.165, 1.54) is 244 Å². The molecule has 0 aliphatic heterocycles. The molecule has 2 atom stereocenters. The van der Waals surface area contributed by atoms with Crippen molar-refractivity contribution < 1.29 is 28.6 Å². The zero-order valence-electron chi connectivity index (χ0n) is 45.9. The minimum atomic E-state index is -0.762. The average Bonchev–Trinajstić information content (AvgIpc) is 3.33. The summed E-state index contributed by atoms with van der Waals surface area (Å²) in [6, 6.07) is 0. The third-order valence-electron chi connectivity index (χ3n) is 14.4. The van der Waals surface area contributed by atoms with E-state index >= 15 is 0 Å². The molecule has 0 amide bonds. The zero-order valence-corrected chi connectivity index (χ0v) is 45.9. The lowest BCUT2D eigenvalue weighted by Crippen LogP contribution is -2.30. The van der Waals surface area contributed by atoms with Crippen LogP contribution in [0.5, 0.6) is 0 Å². The highest BCUT2D eigenvalue weighted by molar-refractivity contribution is 5.71. The third kappa shape index (κ3) is 53.6. The molecule has 6 heteroatoms. The lowest BCUT2D eigenvalue weighted by Gasteiger charge is -2.18. The molecular weight excluding hydrogens is 829 g/mol. The van der Waals surface area contributed by atoms with E-state index in [4.69, 9.17) is 14.2 Å². The molecule has 0 bridgehead atoms. The van der Waals surface area contributed by atoms with Crippen LogP contribution in [0.3, 0.4) is 0 Å². The Bertz CT molecular complexity index is 1010. The first-order valence-corrected chi connectivity index (χ1v) is 30.4. The SMILES string of the molecule is CCCCCCCCCCCCCCCCCCC(=O)OC[C@@H](COC(=O)CCCCCCCCCCCCCCCCC)OC(=O)CCCCCCCCCCCCCCCCC(C)CC. The van der Waals surface area contributed by atoms with Crippen LogP contribution in [0.4, 0.5) is 0 Å². The molecule has 6 nitrogen and oxygen atoms in total. The van der Waals surface area contributed by atoms with Crippen LogP contribution in [0.1, 0.15) is 349 Å². The summed E-state index contributed by atoms with van der Waals surface area (Å²) in [5.74, 6) is 0.0636. The van der Waals surface area contributed by atoms with Gasteiger partial charge in [0.25, 0.3) is 0 Å². The van der Waals surface area contributed by atoms with Crippen LogP contribution in [-0.4, -0.2) is 37.2 Å². The quantitative estimate of drug-likeness (QED) is 0.0343. The lowest BCUT2D eigenvalue weighted by molar-refractivity contribution is -0.167. The highest BCUT2D eigenvalue weighted by Gasteiger charge is 2.19. The van der Waals surface area contributed by atoms with Crippen molar-refractivity contribution in [1.29, 1.82) is 0 Å². The van der Waals surface area contributed by atoms with Crippen molar-refractivity contribution in [3.05, 3.63) is 0 Å². The first-order chi connectivity index (χ1) is 32.9. The van der Waals surface area contributed by atoms with Crippen LogP contribution < -0.4 is 0 Å². The summed E-state index contributed by atoms with van der Waals surface area (Å²) in [5, 5.41) is 0. The van der Waals surface area contributed by atoms with Crippen molar-refractivity contribution in [2.45, 2.75) is 355 Å². The van der Waals surface area contributed by atoms with Crippen LogP contribution in [0.25, 0.3) is 0 Å². The van der Waals surface area contributed by atoms with Gasteiger partial charge < -0.3 is 14.2 Å². The van der Waals surface area contributed by atoms with Gasteiger partial charge in [-0.05, 0) is 25.2 Å². The number of esters is 3. The predicted octanol–water partition coefficient (Wildman–Crippen LogP) is 20.2. The number of hydrogen-bond donors (Lipinski definition) is 0. The van der Waals surface area contributed by atoms with Gasteiger partial charge in [-0.1, -0.05) is 310 Å². The Labute approximate surface area is 418 Å². The Hall–Kier alpha value is -1.59. The Morgan fingerprint density at radius 3 is 0.776 bits per heavy atom. The fourth-order valence-corrected chi connectivity index (χ4v) is 9.42. The minimum absolute atomic E-state index is 0.0615. The molecule has 1 unspecified atom stereocenters. The van der Waals surface area contributed by atoms with E-state index in [2.05, 4.69) is 27.7 Å². The molecule has 0 aromatic heterocycles. The summed E-state index contributed by atoms with van der Waals surface area (Å²) in [7, 11) is 0. The maximum absolute atomic E-state index is 12.9. The smallest absolute Gasteiger partial charge is 0.306 e. The number of rotatable bonds is 56. The topological polar surface area (TPSA) is 78.9 Å². The Morgan fingerprint density at radius 1 is 0.299 bits per heavy atom. The van der Waals surface area contributed by atoms with Gasteiger partial charge in [0.05, 0.1) is 0 Å². The summed E-state index contributed by atoms with van der Waals surface area (Å²) in [6.45, 7) is 9.11. The van der Waals surface area contributed by atoms with Crippen molar-refractivity contribution in [2.24, 2.45) is 5.92 Å². The highest BCUT2D eigenvalue weighted by atomic mass is 16.6. The van der Waals surface area contributed by atoms with Gasteiger partial charge in [0.15, 0.2) is 6.10 Å². The molecule has 0 fully saturated rings. The Morgan fingerprint density at radius 2 is 0.522 bits per heavy atom. The van der Waals surface area contributed by atoms with E-state index in [9.17, 15) is 14.4 Å². The third-order valence-corrected chi connectivity index (χ3v) is 14.4. The van der Waals surface area contributed by atoms with E-state index in [-0.39, 0.29) is 31.1 Å². The second-order valence-electron chi connectivity index (χ2n) is 21.2. The van der Waals surface area contributed by atoms with Crippen molar-refractivity contribution in [2.75, 3.05) is 13.2 Å². The number of ether oxygens (including phenoxy) is 3. The molecule has 398 valence electrons. The van der Waals surface area contributed by atoms with E-state index in [0.717, 1.165) is 63.7 Å². The maximum Gasteiger partial charge on any atom is 0.306 e. The van der Waals surface area contributed by atoms with Crippen LogP contribution in [0, 0.1) is 5.92 Å². The summed E-state index contributed by atoms with van der Waals surface area (Å²) in [5.41, 5.74) is 0. The predicted molar refractivity (Wildman–Crippen MR) is 289 cm³/mol. The van der Waals surface area contributed by atoms with Gasteiger partial charge in [0.1, 0.15) is 13.2 Å². The van der Waals surface area contributed by atoms with Gasteiger partial charge >= 0.3 is 17.9 Å². The minimum Gasteiger partial charge on any atom is -0.462 e. The molecule has 0 aliphatic rings. The lowest BCUT2D eigenvalue weighted by atomic mass is 9.99. The van der Waals surface area contributed by atoms with Crippen LogP contribution >= 0.6 is 0 Å². The van der Waals surface area contributed by atoms with Gasteiger partial charge in [-0.25, -0.2) is 0 Å². The number of carbonyl (C=O) groups is 3. The average molecular weight is 948 g/mol. The van der Waals surface area contributed by atoms with E-state index in [1.807, 2.05) is 0 Å². The molecule has 0 spiro atoms. The molecule has 0 radical (unpaired) electrons. The van der Waals surface area contributed by atoms with Gasteiger partial charge in [-0.3, -0.25) is 14.4 Å². The summed E-state index contributed by atoms with van der Waals surface area (Å²) in [4.78, 5) is 38.2. The Kier molecular flexibility index (Phi) is 54.0. The van der Waals surface area contributed by atoms with Crippen molar-refractivity contribution >= 4 is 17.9 Å². The summed E-state index contributed by atoms with van der Waals surface area (Å²) >= 11 is 0. The molecule has 0 aromatic carbocycles. The molecule has 0 heterocycles. The van der Waals surface area contributed by atoms with E-state index in [1.54, 1.807) is 0 Å². The molecular formula is C61H118O6. The monoisotopic (exact) mass is 947 g/mol. The number of unbranched alkanes of at least 4 members (excludes halogenated alkanes) is 42. The summed E-state index contributed by atoms with van der Waals surface area (Å²) < 4.78 is 16.9. The summed E-state index contributed by atoms with van der Waals surface area (Å²) in [6.07, 6.45) is 60.8. The van der Waals surface area contributed by atoms with Gasteiger partial charge in [0, 0.05) is 19.3 Å². The standard InChI is InChI=1S/C61H118O6/c1-5-8-10-12-14-16-18-20-22-24-29-33-37-41-45-49-53-60(63)66-56-58(55-65-59(62)52-48-44-40-36-32-28-23-21-19-17-15-13-11-9-6-2)67-61(64)54-50-46-42-38-34-30-26-25-27-31-35-39-43-47-51-57(4)7-3/h57-58H,5-56H2,1-4H3/t57?,58-/m1/s1. The zero-order chi connectivity index (χ0) is 48.8. The van der Waals surface area contributed by atoms with E-state index in [0.29, 0.717) is 19.3 Å². The number of hydrogen-bond acceptors (Lipinski definition) is 6. The second kappa shape index (κ2) is 55.3. The van der Waals surface area contributed by atoms with Gasteiger partial charge in [0.2, 0.25) is 0 Å². The highest BCUT2D eigenvalue weighted by Crippen LogP contribution is 2.19. The second-order valence-corrected chi connectivity index (χ2v) is 21.2. The first-order valence-electron chi connectivity index (χ1n) is 30.4. The molecule has 0 rings (SSSR count). The van der Waals surface area contributed by atoms with Crippen molar-refractivity contribution in [1.82, 2.24) is 0 Å². The van der Waals surface area contributed by atoms with Crippen LogP contribution in [0.2, 0.25) is 0 Å². The molecule has 0 N–H and O–H groups in total. The van der Waals surface area contributed by atoms with Crippen molar-refractivity contribution in [3.63, 3.8) is 0 Å². The molecule has 0 aromatic rings. The fourth-order valence-electron chi connectivity index (χ4n) is 9.42. The molecule has 0 saturated heterocycles. The molecule has 0 aliphatic carbocycles. The van der Waals surface area contributed by atoms with Gasteiger partial charge in [-0.2, -0.15) is 0 Å². The largest absolute Gasteiger partial charge is 0.462 e. The normalized spacial score (nSPS) is 12.4. The van der Waals surface area contributed by atoms with Gasteiger partial charge in [-0.15, -0.1) is 0 Å². The maximum atomic E-state index is 12.9. The van der Waals surface area contributed by atoms with E-state index < -0.39 is 6.10 Å². The fraction of sp³-hybridized carbons (Fsp3) is 0.951. The molecule has 67 heavy (non-hydrogen) atoms.